The molecule has 1 aromatic heterocycles. The van der Waals surface area contributed by atoms with Crippen LogP contribution in [0.1, 0.15) is 47.3 Å². The fourth-order valence-corrected chi connectivity index (χ4v) is 3.97. The quantitative estimate of drug-likeness (QED) is 0.737. The molecule has 2 fully saturated rings. The minimum atomic E-state index is -0.324. The van der Waals surface area contributed by atoms with Crippen molar-refractivity contribution in [1.29, 1.82) is 0 Å². The average molecular weight is 360 g/mol. The average Bonchev–Trinajstić information content (AvgIpc) is 3.13. The first-order valence-corrected chi connectivity index (χ1v) is 9.46. The summed E-state index contributed by atoms with van der Waals surface area (Å²) in [5, 5.41) is 6.21. The highest BCUT2D eigenvalue weighted by molar-refractivity contribution is 5.95. The summed E-state index contributed by atoms with van der Waals surface area (Å²) in [6, 6.07) is 1.75. The predicted molar refractivity (Wildman–Crippen MR) is 99.2 cm³/mol. The number of nitrogens with one attached hydrogen (secondary N) is 3. The Kier molecular flexibility index (Phi) is 5.76. The second-order valence-corrected chi connectivity index (χ2v) is 7.49. The van der Waals surface area contributed by atoms with Crippen LogP contribution in [0.4, 0.5) is 0 Å². The zero-order valence-electron chi connectivity index (χ0n) is 15.6. The predicted octanol–water partition coefficient (Wildman–Crippen LogP) is 0.712. The zero-order chi connectivity index (χ0) is 18.7. The molecule has 0 bridgehead atoms. The van der Waals surface area contributed by atoms with Gasteiger partial charge in [0, 0.05) is 25.3 Å². The molecule has 7 nitrogen and oxygen atoms in total. The van der Waals surface area contributed by atoms with Crippen LogP contribution in [0, 0.1) is 19.8 Å². The summed E-state index contributed by atoms with van der Waals surface area (Å²) in [6.45, 7) is 6.30. The number of aromatic amines is 1. The van der Waals surface area contributed by atoms with Gasteiger partial charge in [0.05, 0.1) is 6.04 Å². The molecule has 0 spiro atoms. The molecule has 2 saturated heterocycles. The number of carbonyl (C=O) groups excluding carboxylic acids is 2. The Morgan fingerprint density at radius 3 is 2.77 bits per heavy atom. The molecule has 2 amide bonds. The van der Waals surface area contributed by atoms with Crippen molar-refractivity contribution in [3.63, 3.8) is 0 Å². The Hall–Kier alpha value is -2.15. The third-order valence-corrected chi connectivity index (χ3v) is 5.33. The van der Waals surface area contributed by atoms with E-state index in [1.165, 1.54) is 0 Å². The van der Waals surface area contributed by atoms with Gasteiger partial charge in [0.25, 0.3) is 11.5 Å². The van der Waals surface area contributed by atoms with Gasteiger partial charge >= 0.3 is 0 Å². The van der Waals surface area contributed by atoms with Crippen LogP contribution in [-0.4, -0.2) is 53.9 Å². The lowest BCUT2D eigenvalue weighted by atomic mass is 9.96. The van der Waals surface area contributed by atoms with Crippen LogP contribution < -0.4 is 16.2 Å². The van der Waals surface area contributed by atoms with Crippen LogP contribution in [0.5, 0.6) is 0 Å². The van der Waals surface area contributed by atoms with Gasteiger partial charge in [-0.15, -0.1) is 0 Å². The molecule has 3 N–H and O–H groups in total. The minimum absolute atomic E-state index is 0.0526. The Morgan fingerprint density at radius 1 is 1.27 bits per heavy atom. The number of carbonyl (C=O) groups is 2. The van der Waals surface area contributed by atoms with E-state index in [0.29, 0.717) is 25.2 Å². The van der Waals surface area contributed by atoms with Gasteiger partial charge in [-0.1, -0.05) is 0 Å². The van der Waals surface area contributed by atoms with E-state index in [1.807, 2.05) is 13.0 Å². The van der Waals surface area contributed by atoms with E-state index in [1.54, 1.807) is 11.8 Å². The van der Waals surface area contributed by atoms with Gasteiger partial charge in [-0.3, -0.25) is 14.4 Å². The number of amides is 2. The van der Waals surface area contributed by atoms with E-state index in [-0.39, 0.29) is 34.9 Å². The lowest BCUT2D eigenvalue weighted by Crippen LogP contribution is -2.47. The van der Waals surface area contributed by atoms with E-state index >= 15 is 0 Å². The Labute approximate surface area is 153 Å². The van der Waals surface area contributed by atoms with Gasteiger partial charge in [0.15, 0.2) is 0 Å². The molecule has 2 atom stereocenters. The monoisotopic (exact) mass is 360 g/mol. The molecule has 2 aliphatic heterocycles. The van der Waals surface area contributed by atoms with Crippen molar-refractivity contribution in [2.75, 3.05) is 26.2 Å². The summed E-state index contributed by atoms with van der Waals surface area (Å²) in [5.74, 6) is 0.0666. The second kappa shape index (κ2) is 8.03. The van der Waals surface area contributed by atoms with Crippen molar-refractivity contribution in [2.45, 2.75) is 45.6 Å². The standard InChI is InChI=1S/C19H28N4O3/c1-12-9-13(2)22-18(25)16(12)19(26)23-8-4-5-14(11-23)10-21-17(24)15-6-3-7-20-15/h9,14-15,20H,3-8,10-11H2,1-2H3,(H,21,24)(H,22,25). The third kappa shape index (κ3) is 4.15. The molecule has 7 heteroatoms. The fourth-order valence-electron chi connectivity index (χ4n) is 3.97. The molecule has 142 valence electrons. The van der Waals surface area contributed by atoms with Gasteiger partial charge in [-0.2, -0.15) is 0 Å². The van der Waals surface area contributed by atoms with Crippen LogP contribution >= 0.6 is 0 Å². The molecule has 1 aromatic rings. The van der Waals surface area contributed by atoms with Gasteiger partial charge in [-0.25, -0.2) is 0 Å². The van der Waals surface area contributed by atoms with Gasteiger partial charge in [0.2, 0.25) is 5.91 Å². The SMILES string of the molecule is Cc1cc(C)c(C(=O)N2CCCC(CNC(=O)C3CCCN3)C2)c(=O)[nH]1. The molecule has 3 rings (SSSR count). The first kappa shape index (κ1) is 18.6. The molecule has 3 heterocycles. The first-order chi connectivity index (χ1) is 12.5. The number of aromatic nitrogens is 1. The number of nitrogens with zero attached hydrogens (tertiary/aromatic N) is 1. The van der Waals surface area contributed by atoms with Gasteiger partial charge in [-0.05, 0) is 63.6 Å². The fraction of sp³-hybridized carbons (Fsp3) is 0.632. The van der Waals surface area contributed by atoms with Crippen molar-refractivity contribution >= 4 is 11.8 Å². The van der Waals surface area contributed by atoms with E-state index in [2.05, 4.69) is 15.6 Å². The van der Waals surface area contributed by atoms with Crippen LogP contribution in [0.25, 0.3) is 0 Å². The summed E-state index contributed by atoms with van der Waals surface area (Å²) >= 11 is 0. The molecular formula is C19H28N4O3. The first-order valence-electron chi connectivity index (χ1n) is 9.46. The van der Waals surface area contributed by atoms with Crippen molar-refractivity contribution in [3.05, 3.63) is 33.2 Å². The summed E-state index contributed by atoms with van der Waals surface area (Å²) in [6.07, 6.45) is 3.78. The number of hydrogen-bond donors (Lipinski definition) is 3. The van der Waals surface area contributed by atoms with Crippen LogP contribution in [0.2, 0.25) is 0 Å². The number of rotatable bonds is 4. The number of H-pyrrole nitrogens is 1. The highest BCUT2D eigenvalue weighted by Gasteiger charge is 2.28. The minimum Gasteiger partial charge on any atom is -0.354 e. The number of aryl methyl sites for hydroxylation is 2. The lowest BCUT2D eigenvalue weighted by Gasteiger charge is -2.33. The van der Waals surface area contributed by atoms with E-state index < -0.39 is 0 Å². The van der Waals surface area contributed by atoms with Crippen LogP contribution in [0.3, 0.4) is 0 Å². The van der Waals surface area contributed by atoms with Crippen molar-refractivity contribution in [3.8, 4) is 0 Å². The summed E-state index contributed by atoms with van der Waals surface area (Å²) in [5.41, 5.74) is 1.37. The maximum absolute atomic E-state index is 12.9. The second-order valence-electron chi connectivity index (χ2n) is 7.49. The topological polar surface area (TPSA) is 94.3 Å². The molecule has 0 saturated carbocycles. The highest BCUT2D eigenvalue weighted by atomic mass is 16.2. The summed E-state index contributed by atoms with van der Waals surface area (Å²) < 4.78 is 0. The summed E-state index contributed by atoms with van der Waals surface area (Å²) in [4.78, 5) is 41.7. The maximum atomic E-state index is 12.9. The van der Waals surface area contributed by atoms with E-state index in [4.69, 9.17) is 0 Å². The third-order valence-electron chi connectivity index (χ3n) is 5.33. The van der Waals surface area contributed by atoms with Gasteiger partial charge < -0.3 is 20.5 Å². The molecule has 0 aliphatic carbocycles. The molecule has 2 aliphatic rings. The Bertz CT molecular complexity index is 737. The normalized spacial score (nSPS) is 23.1. The molecular weight excluding hydrogens is 332 g/mol. The van der Waals surface area contributed by atoms with Gasteiger partial charge in [0.1, 0.15) is 5.56 Å². The number of piperidine rings is 1. The van der Waals surface area contributed by atoms with Crippen LogP contribution in [0.15, 0.2) is 10.9 Å². The number of likely N-dealkylation sites (tertiary alicyclic amines) is 1. The number of hydrogen-bond acceptors (Lipinski definition) is 4. The van der Waals surface area contributed by atoms with E-state index in [0.717, 1.165) is 37.9 Å². The smallest absolute Gasteiger partial charge is 0.261 e. The molecule has 2 unspecified atom stereocenters. The zero-order valence-corrected chi connectivity index (χ0v) is 15.6. The van der Waals surface area contributed by atoms with Crippen molar-refractivity contribution in [2.24, 2.45) is 5.92 Å². The van der Waals surface area contributed by atoms with E-state index in [9.17, 15) is 14.4 Å². The highest BCUT2D eigenvalue weighted by Crippen LogP contribution is 2.18. The van der Waals surface area contributed by atoms with Crippen LogP contribution in [-0.2, 0) is 4.79 Å². The van der Waals surface area contributed by atoms with Crippen molar-refractivity contribution in [1.82, 2.24) is 20.5 Å². The lowest BCUT2D eigenvalue weighted by molar-refractivity contribution is -0.123. The largest absolute Gasteiger partial charge is 0.354 e. The Balaban J connectivity index is 1.60. The molecule has 0 aromatic carbocycles. The molecule has 26 heavy (non-hydrogen) atoms. The Morgan fingerprint density at radius 2 is 2.08 bits per heavy atom. The maximum Gasteiger partial charge on any atom is 0.261 e. The molecule has 0 radical (unpaired) electrons. The summed E-state index contributed by atoms with van der Waals surface area (Å²) in [7, 11) is 0. The van der Waals surface area contributed by atoms with Crippen molar-refractivity contribution < 1.29 is 9.59 Å². The number of pyridine rings is 1.